The highest BCUT2D eigenvalue weighted by atomic mass is 32.2. The van der Waals surface area contributed by atoms with Crippen molar-refractivity contribution in [2.75, 3.05) is 20.3 Å². The Morgan fingerprint density at radius 1 is 0.814 bits per heavy atom. The molecular formula is C33H42O8SSi. The zero-order valence-corrected chi connectivity index (χ0v) is 27.7. The van der Waals surface area contributed by atoms with Crippen LogP contribution in [0, 0.1) is 6.92 Å². The van der Waals surface area contributed by atoms with Gasteiger partial charge in [0.25, 0.3) is 18.4 Å². The van der Waals surface area contributed by atoms with Gasteiger partial charge in [-0.1, -0.05) is 99.1 Å². The van der Waals surface area contributed by atoms with Gasteiger partial charge in [0, 0.05) is 7.11 Å². The Kier molecular flexibility index (Phi) is 8.80. The molecular weight excluding hydrogens is 585 g/mol. The van der Waals surface area contributed by atoms with Gasteiger partial charge < -0.3 is 23.4 Å². The van der Waals surface area contributed by atoms with Crippen LogP contribution in [0.25, 0.3) is 0 Å². The molecule has 2 aliphatic rings. The van der Waals surface area contributed by atoms with Gasteiger partial charge >= 0.3 is 0 Å². The number of hydrogen-bond acceptors (Lipinski definition) is 8. The lowest BCUT2D eigenvalue weighted by atomic mass is 9.97. The molecule has 43 heavy (non-hydrogen) atoms. The Labute approximate surface area is 256 Å². The average Bonchev–Trinajstić information content (AvgIpc) is 3.44. The number of rotatable bonds is 10. The van der Waals surface area contributed by atoms with Crippen LogP contribution in [0.5, 0.6) is 0 Å². The number of aryl methyl sites for hydroxylation is 1. The van der Waals surface area contributed by atoms with E-state index >= 15 is 0 Å². The normalized spacial score (nSPS) is 25.5. The quantitative estimate of drug-likeness (QED) is 0.240. The summed E-state index contributed by atoms with van der Waals surface area (Å²) in [5.74, 6) is -0.950. The first-order valence-corrected chi connectivity index (χ1v) is 17.8. The number of methoxy groups -OCH3 is 1. The molecule has 0 bridgehead atoms. The predicted octanol–water partition coefficient (Wildman–Crippen LogP) is 4.54. The molecule has 0 saturated carbocycles. The van der Waals surface area contributed by atoms with Crippen molar-refractivity contribution in [1.82, 2.24) is 0 Å². The van der Waals surface area contributed by atoms with E-state index < -0.39 is 48.3 Å². The molecule has 4 atom stereocenters. The van der Waals surface area contributed by atoms with Gasteiger partial charge in [-0.05, 0) is 48.3 Å². The number of fused-ring (bicyclic) bond motifs is 1. The maximum atomic E-state index is 13.4. The van der Waals surface area contributed by atoms with Gasteiger partial charge in [-0.25, -0.2) is 0 Å². The third kappa shape index (κ3) is 6.12. The van der Waals surface area contributed by atoms with Crippen molar-refractivity contribution in [1.29, 1.82) is 0 Å². The van der Waals surface area contributed by atoms with Crippen molar-refractivity contribution in [3.8, 4) is 0 Å². The summed E-state index contributed by atoms with van der Waals surface area (Å²) in [6.07, 6.45) is -2.16. The molecule has 2 heterocycles. The minimum Gasteiger partial charge on any atom is -0.404 e. The van der Waals surface area contributed by atoms with E-state index in [9.17, 15) is 8.42 Å². The monoisotopic (exact) mass is 626 g/mol. The molecule has 0 radical (unpaired) electrons. The highest BCUT2D eigenvalue weighted by molar-refractivity contribution is 7.86. The van der Waals surface area contributed by atoms with Crippen LogP contribution in [0.2, 0.25) is 5.04 Å². The number of benzene rings is 3. The molecule has 0 aromatic heterocycles. The van der Waals surface area contributed by atoms with Crippen LogP contribution in [0.4, 0.5) is 0 Å². The summed E-state index contributed by atoms with van der Waals surface area (Å²) in [7, 11) is -5.65. The van der Waals surface area contributed by atoms with Gasteiger partial charge in [-0.15, -0.1) is 0 Å². The van der Waals surface area contributed by atoms with Crippen LogP contribution in [0.1, 0.15) is 40.2 Å². The van der Waals surface area contributed by atoms with E-state index in [2.05, 4.69) is 45.0 Å². The lowest BCUT2D eigenvalue weighted by molar-refractivity contribution is -0.259. The van der Waals surface area contributed by atoms with Crippen LogP contribution in [-0.4, -0.2) is 66.9 Å². The minimum absolute atomic E-state index is 0.0236. The van der Waals surface area contributed by atoms with Crippen molar-refractivity contribution in [2.24, 2.45) is 0 Å². The van der Waals surface area contributed by atoms with Gasteiger partial charge in [0.2, 0.25) is 0 Å². The third-order valence-electron chi connectivity index (χ3n) is 8.22. The van der Waals surface area contributed by atoms with E-state index in [1.54, 1.807) is 12.1 Å². The summed E-state index contributed by atoms with van der Waals surface area (Å²) in [4.78, 5) is 0.0583. The summed E-state index contributed by atoms with van der Waals surface area (Å²) in [5, 5.41) is 1.84. The first-order chi connectivity index (χ1) is 20.2. The van der Waals surface area contributed by atoms with E-state index in [1.165, 1.54) is 19.2 Å². The molecule has 8 nitrogen and oxygen atoms in total. The van der Waals surface area contributed by atoms with Gasteiger partial charge in [-0.3, -0.25) is 4.18 Å². The fourth-order valence-electron chi connectivity index (χ4n) is 6.16. The van der Waals surface area contributed by atoms with Crippen LogP contribution in [-0.2, 0) is 37.7 Å². The summed E-state index contributed by atoms with van der Waals surface area (Å²) < 4.78 is 64.7. The molecule has 3 aromatic rings. The van der Waals surface area contributed by atoms with Crippen molar-refractivity contribution in [2.45, 2.75) is 81.4 Å². The maximum absolute atomic E-state index is 13.4. The van der Waals surface area contributed by atoms with Crippen LogP contribution < -0.4 is 10.4 Å². The summed E-state index contributed by atoms with van der Waals surface area (Å²) >= 11 is 0. The Hall–Kier alpha value is -2.41. The Morgan fingerprint density at radius 3 is 1.88 bits per heavy atom. The molecule has 2 aliphatic heterocycles. The minimum atomic E-state index is -4.13. The molecule has 0 amide bonds. The van der Waals surface area contributed by atoms with E-state index in [1.807, 2.05) is 57.2 Å². The van der Waals surface area contributed by atoms with Gasteiger partial charge in [-0.2, -0.15) is 8.42 Å². The highest BCUT2D eigenvalue weighted by Crippen LogP contribution is 2.46. The molecule has 2 fully saturated rings. The fourth-order valence-corrected chi connectivity index (χ4v) is 11.7. The first-order valence-electron chi connectivity index (χ1n) is 14.5. The second-order valence-corrected chi connectivity index (χ2v) is 18.7. The van der Waals surface area contributed by atoms with Crippen molar-refractivity contribution < 1.29 is 36.0 Å². The van der Waals surface area contributed by atoms with Gasteiger partial charge in [0.05, 0.1) is 11.5 Å². The Morgan fingerprint density at radius 2 is 1.37 bits per heavy atom. The van der Waals surface area contributed by atoms with E-state index in [4.69, 9.17) is 27.6 Å². The standard InChI is InChI=1S/C33H42O8SSi/c1-24-18-20-25(21-19-24)42(34,35)37-22-33(29-28(30(36-7)41-33)39-32(5,6)40-29)23-38-43(31(2,3)4,26-14-10-8-11-15-26)27-16-12-9-13-17-27/h8-21,28-30H,22-23H2,1-7H3/t28-,29?,30+,33+/m0/s1. The largest absolute Gasteiger partial charge is 0.404 e. The van der Waals surface area contributed by atoms with Crippen molar-refractivity contribution >= 4 is 28.8 Å². The van der Waals surface area contributed by atoms with E-state index in [0.717, 1.165) is 15.9 Å². The van der Waals surface area contributed by atoms with Crippen molar-refractivity contribution in [3.05, 3.63) is 90.5 Å². The summed E-state index contributed by atoms with van der Waals surface area (Å²) in [6.45, 7) is 11.7. The number of hydrogen-bond donors (Lipinski definition) is 0. The molecule has 10 heteroatoms. The third-order valence-corrected chi connectivity index (χ3v) is 14.5. The topological polar surface area (TPSA) is 89.5 Å². The summed E-state index contributed by atoms with van der Waals surface area (Å²) in [6, 6.07) is 27.0. The molecule has 1 unspecified atom stereocenters. The lowest BCUT2D eigenvalue weighted by Gasteiger charge is -2.45. The molecule has 5 rings (SSSR count). The maximum Gasteiger partial charge on any atom is 0.297 e. The van der Waals surface area contributed by atoms with E-state index in [-0.39, 0.29) is 23.1 Å². The smallest absolute Gasteiger partial charge is 0.297 e. The fraction of sp³-hybridized carbons (Fsp3) is 0.455. The molecule has 3 aromatic carbocycles. The zero-order valence-electron chi connectivity index (χ0n) is 25.9. The predicted molar refractivity (Wildman–Crippen MR) is 166 cm³/mol. The first kappa shape index (κ1) is 32.0. The second-order valence-electron chi connectivity index (χ2n) is 12.8. The van der Waals surface area contributed by atoms with E-state index in [0.29, 0.717) is 0 Å². The van der Waals surface area contributed by atoms with Crippen molar-refractivity contribution in [3.63, 3.8) is 0 Å². The molecule has 0 aliphatic carbocycles. The average molecular weight is 627 g/mol. The lowest BCUT2D eigenvalue weighted by Crippen LogP contribution is -2.68. The number of ether oxygens (including phenoxy) is 4. The highest BCUT2D eigenvalue weighted by Gasteiger charge is 2.65. The Bertz CT molecular complexity index is 1450. The zero-order chi connectivity index (χ0) is 31.1. The van der Waals surface area contributed by atoms with Crippen LogP contribution in [0.3, 0.4) is 0 Å². The van der Waals surface area contributed by atoms with Crippen LogP contribution in [0.15, 0.2) is 89.8 Å². The second kappa shape index (κ2) is 11.8. The van der Waals surface area contributed by atoms with Crippen LogP contribution >= 0.6 is 0 Å². The SMILES string of the molecule is CO[C@@H]1O[C@@](CO[Si](c2ccccc2)(c2ccccc2)C(C)(C)C)(COS(=O)(=O)c2ccc(C)cc2)C2OC(C)(C)O[C@@H]21. The molecule has 0 spiro atoms. The molecule has 0 N–H and O–H groups in total. The molecule has 2 saturated heterocycles. The molecule has 232 valence electrons. The Balaban J connectivity index is 1.58. The van der Waals surface area contributed by atoms with Gasteiger partial charge in [0.15, 0.2) is 12.1 Å². The summed E-state index contributed by atoms with van der Waals surface area (Å²) in [5.41, 5.74) is -0.429. The van der Waals surface area contributed by atoms with Gasteiger partial charge in [0.1, 0.15) is 24.4 Å².